The zero-order valence-electron chi connectivity index (χ0n) is 14.3. The van der Waals surface area contributed by atoms with Crippen LogP contribution in [-0.2, 0) is 6.54 Å². The third kappa shape index (κ3) is 3.32. The first-order valence-electron chi connectivity index (χ1n) is 8.76. The van der Waals surface area contributed by atoms with Gasteiger partial charge in [0.05, 0.1) is 24.9 Å². The van der Waals surface area contributed by atoms with Crippen LogP contribution in [0.4, 0.5) is 0 Å². The maximum atomic E-state index is 12.3. The highest BCUT2D eigenvalue weighted by molar-refractivity contribution is 5.59. The maximum Gasteiger partial charge on any atom is 0.266 e. The monoisotopic (exact) mass is 341 g/mol. The first kappa shape index (κ1) is 16.3. The number of nitrogens with zero attached hydrogens (tertiary/aromatic N) is 2. The number of benzene rings is 1. The average Bonchev–Trinajstić information content (AvgIpc) is 2.96. The zero-order chi connectivity index (χ0) is 17.4. The summed E-state index contributed by atoms with van der Waals surface area (Å²) >= 11 is 0. The van der Waals surface area contributed by atoms with Crippen molar-refractivity contribution in [3.05, 3.63) is 46.8 Å². The number of fused-ring (bicyclic) bond motifs is 2. The largest absolute Gasteiger partial charge is 0.497 e. The molecule has 2 unspecified atom stereocenters. The second-order valence-electron chi connectivity index (χ2n) is 7.21. The van der Waals surface area contributed by atoms with E-state index in [4.69, 9.17) is 4.74 Å². The van der Waals surface area contributed by atoms with Gasteiger partial charge in [-0.15, -0.1) is 0 Å². The van der Waals surface area contributed by atoms with Gasteiger partial charge in [-0.25, -0.2) is 4.68 Å². The van der Waals surface area contributed by atoms with Crippen molar-refractivity contribution < 1.29 is 9.84 Å². The van der Waals surface area contributed by atoms with E-state index in [1.54, 1.807) is 13.2 Å². The van der Waals surface area contributed by atoms with Crippen molar-refractivity contribution in [2.24, 2.45) is 0 Å². The van der Waals surface area contributed by atoms with E-state index in [1.807, 2.05) is 24.3 Å². The molecule has 6 nitrogen and oxygen atoms in total. The first-order chi connectivity index (χ1) is 12.0. The summed E-state index contributed by atoms with van der Waals surface area (Å²) < 4.78 is 6.58. The van der Waals surface area contributed by atoms with Crippen LogP contribution in [0.5, 0.6) is 5.75 Å². The molecule has 1 aromatic carbocycles. The fraction of sp³-hybridized carbons (Fsp3) is 0.474. The predicted molar refractivity (Wildman–Crippen MR) is 94.6 cm³/mol. The number of aromatic nitrogens is 2. The summed E-state index contributed by atoms with van der Waals surface area (Å²) in [5, 5.41) is 19.0. The normalized spacial score (nSPS) is 28.1. The van der Waals surface area contributed by atoms with Gasteiger partial charge in [0.1, 0.15) is 5.75 Å². The van der Waals surface area contributed by atoms with Crippen LogP contribution in [0, 0.1) is 0 Å². The lowest BCUT2D eigenvalue weighted by molar-refractivity contribution is -0.0249. The molecule has 0 radical (unpaired) electrons. The molecule has 2 fully saturated rings. The van der Waals surface area contributed by atoms with Gasteiger partial charge in [-0.3, -0.25) is 4.79 Å². The number of hydrogen-bond donors (Lipinski definition) is 2. The van der Waals surface area contributed by atoms with Gasteiger partial charge in [0.25, 0.3) is 5.56 Å². The Morgan fingerprint density at radius 3 is 2.52 bits per heavy atom. The Kier molecular flexibility index (Phi) is 4.09. The number of ether oxygens (including phenoxy) is 1. The summed E-state index contributed by atoms with van der Waals surface area (Å²) in [7, 11) is 1.63. The lowest BCUT2D eigenvalue weighted by atomic mass is 9.87. The minimum atomic E-state index is -0.869. The number of hydrogen-bond acceptors (Lipinski definition) is 5. The Morgan fingerprint density at radius 1 is 1.20 bits per heavy atom. The van der Waals surface area contributed by atoms with Crippen molar-refractivity contribution in [2.75, 3.05) is 7.11 Å². The van der Waals surface area contributed by atoms with Crippen LogP contribution in [0.1, 0.15) is 25.7 Å². The van der Waals surface area contributed by atoms with Crippen LogP contribution < -0.4 is 15.6 Å². The molecule has 6 heteroatoms. The molecule has 0 aliphatic carbocycles. The Labute approximate surface area is 146 Å². The predicted octanol–water partition coefficient (Wildman–Crippen LogP) is 1.56. The molecular weight excluding hydrogens is 318 g/mol. The summed E-state index contributed by atoms with van der Waals surface area (Å²) in [5.41, 5.74) is 0.568. The fourth-order valence-corrected chi connectivity index (χ4v) is 4.11. The lowest BCUT2D eigenvalue weighted by Crippen LogP contribution is -2.51. The van der Waals surface area contributed by atoms with Crippen molar-refractivity contribution >= 4 is 0 Å². The minimum absolute atomic E-state index is 0.184. The van der Waals surface area contributed by atoms with E-state index in [9.17, 15) is 9.90 Å². The molecule has 132 valence electrons. The number of nitrogens with one attached hydrogen (secondary N) is 1. The van der Waals surface area contributed by atoms with Crippen molar-refractivity contribution in [3.63, 3.8) is 0 Å². The molecule has 2 bridgehead atoms. The van der Waals surface area contributed by atoms with Crippen molar-refractivity contribution in [3.8, 4) is 17.0 Å². The molecule has 25 heavy (non-hydrogen) atoms. The summed E-state index contributed by atoms with van der Waals surface area (Å²) in [5.74, 6) is 0.775. The average molecular weight is 341 g/mol. The molecule has 2 N–H and O–H groups in total. The van der Waals surface area contributed by atoms with Crippen LogP contribution in [0.15, 0.2) is 41.2 Å². The van der Waals surface area contributed by atoms with E-state index in [0.717, 1.165) is 24.2 Å². The number of piperidine rings is 1. The summed E-state index contributed by atoms with van der Waals surface area (Å²) in [6, 6.07) is 11.5. The molecular formula is C19H23N3O3. The maximum absolute atomic E-state index is 12.3. The molecule has 2 saturated heterocycles. The lowest BCUT2D eigenvalue weighted by Gasteiger charge is -2.37. The molecule has 3 heterocycles. The van der Waals surface area contributed by atoms with Gasteiger partial charge < -0.3 is 15.2 Å². The van der Waals surface area contributed by atoms with Gasteiger partial charge in [-0.2, -0.15) is 5.10 Å². The van der Waals surface area contributed by atoms with Crippen molar-refractivity contribution in [2.45, 2.75) is 49.9 Å². The van der Waals surface area contributed by atoms with E-state index in [2.05, 4.69) is 10.4 Å². The van der Waals surface area contributed by atoms with E-state index in [0.29, 0.717) is 30.6 Å². The molecule has 1 aromatic heterocycles. The zero-order valence-corrected chi connectivity index (χ0v) is 14.3. The first-order valence-corrected chi connectivity index (χ1v) is 8.76. The second-order valence-corrected chi connectivity index (χ2v) is 7.21. The van der Waals surface area contributed by atoms with Gasteiger partial charge in [0, 0.05) is 23.7 Å². The van der Waals surface area contributed by atoms with E-state index in [-0.39, 0.29) is 12.1 Å². The van der Waals surface area contributed by atoms with E-state index < -0.39 is 5.60 Å². The Bertz CT molecular complexity index is 803. The SMILES string of the molecule is COc1ccc(-c2ccc(=O)n(CC3(O)CC4CCC(C3)N4)n2)cc1. The highest BCUT2D eigenvalue weighted by atomic mass is 16.5. The molecule has 0 amide bonds. The summed E-state index contributed by atoms with van der Waals surface area (Å²) in [6.07, 6.45) is 3.54. The Morgan fingerprint density at radius 2 is 1.88 bits per heavy atom. The standard InChI is InChI=1S/C19H23N3O3/c1-25-16-6-2-13(3-7-16)17-8-9-18(23)22(21-17)12-19(24)10-14-4-5-15(11-19)20-14/h2-3,6-9,14-15,20,24H,4-5,10-12H2,1H3. The van der Waals surface area contributed by atoms with Crippen LogP contribution in [0.3, 0.4) is 0 Å². The molecule has 2 aliphatic heterocycles. The molecule has 2 atom stereocenters. The smallest absolute Gasteiger partial charge is 0.266 e. The van der Waals surface area contributed by atoms with Gasteiger partial charge in [-0.05, 0) is 56.0 Å². The highest BCUT2D eigenvalue weighted by Gasteiger charge is 2.42. The number of aliphatic hydroxyl groups is 1. The quantitative estimate of drug-likeness (QED) is 0.883. The topological polar surface area (TPSA) is 76.4 Å². The highest BCUT2D eigenvalue weighted by Crippen LogP contribution is 2.34. The van der Waals surface area contributed by atoms with Crippen molar-refractivity contribution in [1.82, 2.24) is 15.1 Å². The van der Waals surface area contributed by atoms with Crippen LogP contribution >= 0.6 is 0 Å². The summed E-state index contributed by atoms with van der Waals surface area (Å²) in [4.78, 5) is 12.3. The van der Waals surface area contributed by atoms with E-state index in [1.165, 1.54) is 10.7 Å². The Balaban J connectivity index is 1.60. The van der Waals surface area contributed by atoms with Crippen LogP contribution in [0.2, 0.25) is 0 Å². The molecule has 2 aliphatic rings. The van der Waals surface area contributed by atoms with Gasteiger partial charge in [-0.1, -0.05) is 0 Å². The van der Waals surface area contributed by atoms with E-state index >= 15 is 0 Å². The van der Waals surface area contributed by atoms with Crippen molar-refractivity contribution in [1.29, 1.82) is 0 Å². The fourth-order valence-electron chi connectivity index (χ4n) is 4.11. The van der Waals surface area contributed by atoms with Crippen LogP contribution in [-0.4, -0.2) is 39.7 Å². The number of rotatable bonds is 4. The van der Waals surface area contributed by atoms with Gasteiger partial charge >= 0.3 is 0 Å². The Hall–Kier alpha value is -2.18. The van der Waals surface area contributed by atoms with Gasteiger partial charge in [0.2, 0.25) is 0 Å². The van der Waals surface area contributed by atoms with Crippen LogP contribution in [0.25, 0.3) is 11.3 Å². The molecule has 2 aromatic rings. The molecule has 0 saturated carbocycles. The molecule has 0 spiro atoms. The molecule has 4 rings (SSSR count). The second kappa shape index (κ2) is 6.28. The van der Waals surface area contributed by atoms with Gasteiger partial charge in [0.15, 0.2) is 0 Å². The summed E-state index contributed by atoms with van der Waals surface area (Å²) in [6.45, 7) is 0.241. The minimum Gasteiger partial charge on any atom is -0.497 e. The third-order valence-electron chi connectivity index (χ3n) is 5.28. The number of methoxy groups -OCH3 is 1. The third-order valence-corrected chi connectivity index (χ3v) is 5.28.